The van der Waals surface area contributed by atoms with E-state index in [9.17, 15) is 19.8 Å². The zero-order valence-corrected chi connectivity index (χ0v) is 13.5. The quantitative estimate of drug-likeness (QED) is 0.166. The SMILES string of the molecule is CCNC(=O)N[C@H]1[C@H]([C@H](O)[C@H](O)CO)OC(C(=O)O)=C[C@@H]1N=C(N)N. The maximum absolute atomic E-state index is 11.8. The number of hydrogen-bond donors (Lipinski definition) is 8. The number of carbonyl (C=O) groups excluding carboxylic acids is 1. The molecule has 12 nitrogen and oxygen atoms in total. The number of ether oxygens (including phenoxy) is 1. The smallest absolute Gasteiger partial charge is 0.370 e. The molecule has 0 saturated heterocycles. The molecule has 12 heteroatoms. The Morgan fingerprint density at radius 2 is 2.04 bits per heavy atom. The van der Waals surface area contributed by atoms with Gasteiger partial charge < -0.3 is 47.3 Å². The van der Waals surface area contributed by atoms with Crippen LogP contribution in [-0.2, 0) is 9.53 Å². The largest absolute Gasteiger partial charge is 0.478 e. The van der Waals surface area contributed by atoms with E-state index in [2.05, 4.69) is 15.6 Å². The summed E-state index contributed by atoms with van der Waals surface area (Å²) < 4.78 is 5.18. The Hall–Kier alpha value is -2.57. The van der Waals surface area contributed by atoms with Crippen molar-refractivity contribution in [1.29, 1.82) is 0 Å². The topological polar surface area (TPSA) is 213 Å². The van der Waals surface area contributed by atoms with E-state index in [1.165, 1.54) is 0 Å². The summed E-state index contributed by atoms with van der Waals surface area (Å²) in [5.74, 6) is -2.41. The van der Waals surface area contributed by atoms with E-state index in [0.717, 1.165) is 6.08 Å². The number of urea groups is 1. The van der Waals surface area contributed by atoms with Crippen LogP contribution in [0.15, 0.2) is 16.8 Å². The second kappa shape index (κ2) is 9.05. The fourth-order valence-corrected chi connectivity index (χ4v) is 2.26. The van der Waals surface area contributed by atoms with E-state index in [0.29, 0.717) is 6.54 Å². The van der Waals surface area contributed by atoms with Crippen LogP contribution in [0.5, 0.6) is 0 Å². The van der Waals surface area contributed by atoms with Gasteiger partial charge in [0.25, 0.3) is 0 Å². The van der Waals surface area contributed by atoms with Crippen LogP contribution in [0.4, 0.5) is 4.79 Å². The molecule has 1 rings (SSSR count). The summed E-state index contributed by atoms with van der Waals surface area (Å²) in [4.78, 5) is 26.9. The van der Waals surface area contributed by atoms with Gasteiger partial charge in [0.1, 0.15) is 12.2 Å². The van der Waals surface area contributed by atoms with Crippen molar-refractivity contribution in [3.05, 3.63) is 11.8 Å². The molecule has 0 aromatic rings. The standard InChI is InChI=1S/C13H23N5O7/c1-2-16-13(24)18-8-5(17-12(14)15)3-7(11(22)23)25-10(8)9(21)6(20)4-19/h3,5-6,8-10,19-21H,2,4H2,1H3,(H,22,23)(H4,14,15,17)(H2,16,18,24)/t5-,6+,8+,9+,10+/m0/s1. The van der Waals surface area contributed by atoms with Crippen molar-refractivity contribution >= 4 is 18.0 Å². The Morgan fingerprint density at radius 1 is 1.40 bits per heavy atom. The number of carboxylic acids is 1. The summed E-state index contributed by atoms with van der Waals surface area (Å²) in [7, 11) is 0. The van der Waals surface area contributed by atoms with Gasteiger partial charge in [0.05, 0.1) is 18.7 Å². The summed E-state index contributed by atoms with van der Waals surface area (Å²) in [5.41, 5.74) is 10.7. The Bertz CT molecular complexity index is 549. The van der Waals surface area contributed by atoms with Crippen LogP contribution in [0.3, 0.4) is 0 Å². The molecule has 0 fully saturated rings. The molecule has 0 saturated carbocycles. The van der Waals surface area contributed by atoms with Crippen LogP contribution >= 0.6 is 0 Å². The predicted molar refractivity (Wildman–Crippen MR) is 85.3 cm³/mol. The zero-order chi connectivity index (χ0) is 19.1. The van der Waals surface area contributed by atoms with Crippen molar-refractivity contribution in [1.82, 2.24) is 10.6 Å². The van der Waals surface area contributed by atoms with E-state index >= 15 is 0 Å². The Balaban J connectivity index is 3.27. The lowest BCUT2D eigenvalue weighted by Crippen LogP contribution is -2.61. The van der Waals surface area contributed by atoms with Gasteiger partial charge >= 0.3 is 12.0 Å². The predicted octanol–water partition coefficient (Wildman–Crippen LogP) is -3.60. The maximum atomic E-state index is 11.8. The molecule has 5 atom stereocenters. The van der Waals surface area contributed by atoms with Crippen molar-refractivity contribution in [3.8, 4) is 0 Å². The van der Waals surface area contributed by atoms with Gasteiger partial charge in [-0.1, -0.05) is 0 Å². The number of guanidine groups is 1. The van der Waals surface area contributed by atoms with Gasteiger partial charge in [0.15, 0.2) is 12.1 Å². The summed E-state index contributed by atoms with van der Waals surface area (Å²) >= 11 is 0. The Morgan fingerprint density at radius 3 is 2.52 bits per heavy atom. The molecule has 0 bridgehead atoms. The Kier molecular flexibility index (Phi) is 7.42. The second-order valence-electron chi connectivity index (χ2n) is 5.23. The number of nitrogens with two attached hydrogens (primary N) is 2. The molecule has 1 aliphatic rings. The fourth-order valence-electron chi connectivity index (χ4n) is 2.26. The number of amides is 2. The number of aliphatic imine (C=N–C) groups is 1. The van der Waals surface area contributed by atoms with Gasteiger partial charge in [-0.2, -0.15) is 0 Å². The van der Waals surface area contributed by atoms with Crippen molar-refractivity contribution in [2.24, 2.45) is 16.5 Å². The van der Waals surface area contributed by atoms with Crippen molar-refractivity contribution in [3.63, 3.8) is 0 Å². The highest BCUT2D eigenvalue weighted by Gasteiger charge is 2.44. The van der Waals surface area contributed by atoms with Gasteiger partial charge in [0.2, 0.25) is 5.76 Å². The summed E-state index contributed by atoms with van der Waals surface area (Å²) in [6, 6.07) is -2.85. The maximum Gasteiger partial charge on any atom is 0.370 e. The van der Waals surface area contributed by atoms with Crippen LogP contribution in [0.25, 0.3) is 0 Å². The highest BCUT2D eigenvalue weighted by Crippen LogP contribution is 2.24. The molecule has 0 aliphatic carbocycles. The number of nitrogens with zero attached hydrogens (tertiary/aromatic N) is 1. The van der Waals surface area contributed by atoms with E-state index in [1.807, 2.05) is 0 Å². The van der Waals surface area contributed by atoms with E-state index in [-0.39, 0.29) is 5.96 Å². The van der Waals surface area contributed by atoms with Crippen LogP contribution in [-0.4, -0.2) is 81.9 Å². The van der Waals surface area contributed by atoms with E-state index in [1.54, 1.807) is 6.92 Å². The summed E-state index contributed by atoms with van der Waals surface area (Å²) in [6.45, 7) is 1.16. The molecule has 1 aliphatic heterocycles. The van der Waals surface area contributed by atoms with Crippen molar-refractivity contribution in [2.75, 3.05) is 13.2 Å². The van der Waals surface area contributed by atoms with Gasteiger partial charge in [-0.05, 0) is 13.0 Å². The fraction of sp³-hybridized carbons (Fsp3) is 0.615. The van der Waals surface area contributed by atoms with Gasteiger partial charge in [-0.25, -0.2) is 14.6 Å². The molecule has 25 heavy (non-hydrogen) atoms. The average Bonchev–Trinajstić information content (AvgIpc) is 2.54. The van der Waals surface area contributed by atoms with Gasteiger partial charge in [-0.3, -0.25) is 0 Å². The molecule has 0 spiro atoms. The van der Waals surface area contributed by atoms with Crippen LogP contribution in [0.1, 0.15) is 6.92 Å². The first kappa shape index (κ1) is 20.5. The molecule has 1 heterocycles. The first-order valence-corrected chi connectivity index (χ1v) is 7.43. The Labute approximate surface area is 143 Å². The summed E-state index contributed by atoms with van der Waals surface area (Å²) in [5, 5.41) is 42.9. The minimum absolute atomic E-state index is 0.301. The third kappa shape index (κ3) is 5.48. The number of carbonyl (C=O) groups is 2. The van der Waals surface area contributed by atoms with Crippen LogP contribution in [0.2, 0.25) is 0 Å². The van der Waals surface area contributed by atoms with Crippen molar-refractivity contribution in [2.45, 2.75) is 37.3 Å². The number of carboxylic acid groups (broad SMARTS) is 1. The molecule has 0 aromatic heterocycles. The monoisotopic (exact) mass is 361 g/mol. The highest BCUT2D eigenvalue weighted by atomic mass is 16.5. The number of aliphatic carboxylic acids is 1. The summed E-state index contributed by atoms with van der Waals surface area (Å²) in [6.07, 6.45) is -3.74. The molecular formula is C13H23N5O7. The molecular weight excluding hydrogens is 338 g/mol. The third-order valence-electron chi connectivity index (χ3n) is 3.37. The van der Waals surface area contributed by atoms with Gasteiger partial charge in [-0.15, -0.1) is 0 Å². The second-order valence-corrected chi connectivity index (χ2v) is 5.23. The first-order chi connectivity index (χ1) is 11.7. The lowest BCUT2D eigenvalue weighted by atomic mass is 9.92. The van der Waals surface area contributed by atoms with E-state index in [4.69, 9.17) is 26.4 Å². The molecule has 2 amide bonds. The van der Waals surface area contributed by atoms with Gasteiger partial charge in [0, 0.05) is 6.54 Å². The third-order valence-corrected chi connectivity index (χ3v) is 3.37. The number of nitrogens with one attached hydrogen (secondary N) is 2. The number of aliphatic hydroxyl groups excluding tert-OH is 3. The number of hydrogen-bond acceptors (Lipinski definition) is 7. The average molecular weight is 361 g/mol. The van der Waals surface area contributed by atoms with Crippen LogP contribution < -0.4 is 22.1 Å². The number of aliphatic hydroxyl groups is 3. The van der Waals surface area contributed by atoms with Crippen LogP contribution in [0, 0.1) is 0 Å². The highest BCUT2D eigenvalue weighted by molar-refractivity contribution is 5.85. The minimum atomic E-state index is -1.73. The molecule has 0 unspecified atom stereocenters. The molecule has 0 radical (unpaired) electrons. The molecule has 0 aromatic carbocycles. The lowest BCUT2D eigenvalue weighted by Gasteiger charge is -2.38. The zero-order valence-electron chi connectivity index (χ0n) is 13.5. The van der Waals surface area contributed by atoms with Crippen molar-refractivity contribution < 1.29 is 34.8 Å². The normalized spacial score (nSPS) is 25.0. The van der Waals surface area contributed by atoms with E-state index < -0.39 is 54.8 Å². The first-order valence-electron chi connectivity index (χ1n) is 7.43. The minimum Gasteiger partial charge on any atom is -0.478 e. The number of rotatable bonds is 7. The molecule has 142 valence electrons. The molecule has 10 N–H and O–H groups in total. The lowest BCUT2D eigenvalue weighted by molar-refractivity contribution is -0.144.